The van der Waals surface area contributed by atoms with E-state index in [1.807, 2.05) is 18.2 Å². The number of carbonyl (C=O) groups is 4. The van der Waals surface area contributed by atoms with Crippen LogP contribution in [-0.2, 0) is 23.9 Å². The molecule has 0 saturated carbocycles. The van der Waals surface area contributed by atoms with Crippen molar-refractivity contribution in [2.75, 3.05) is 25.5 Å². The Bertz CT molecular complexity index is 664. The second-order valence-electron chi connectivity index (χ2n) is 4.91. The second-order valence-corrected chi connectivity index (χ2v) is 6.15. The van der Waals surface area contributed by atoms with E-state index in [1.165, 1.54) is 18.8 Å². The number of nitrogens with one attached hydrogen (secondary N) is 3. The van der Waals surface area contributed by atoms with Gasteiger partial charge in [0.2, 0.25) is 11.8 Å². The summed E-state index contributed by atoms with van der Waals surface area (Å²) in [6, 6.07) is 7.29. The molecule has 0 bridgehead atoms. The van der Waals surface area contributed by atoms with E-state index >= 15 is 0 Å². The lowest BCUT2D eigenvalue weighted by molar-refractivity contribution is -0.149. The molecule has 0 fully saturated rings. The molecule has 1 aliphatic heterocycles. The summed E-state index contributed by atoms with van der Waals surface area (Å²) in [5.41, 5.74) is 0.714. The molecule has 9 heteroatoms. The van der Waals surface area contributed by atoms with Gasteiger partial charge in [-0.25, -0.2) is 0 Å². The van der Waals surface area contributed by atoms with Gasteiger partial charge in [-0.2, -0.15) is 0 Å². The molecule has 1 aromatic carbocycles. The second kappa shape index (κ2) is 8.34. The van der Waals surface area contributed by atoms with Crippen molar-refractivity contribution < 1.29 is 23.9 Å². The maximum Gasteiger partial charge on any atom is 0.307 e. The van der Waals surface area contributed by atoms with Crippen molar-refractivity contribution in [2.24, 2.45) is 0 Å². The number of hydrogen-bond acceptors (Lipinski definition) is 6. The molecule has 0 aliphatic carbocycles. The van der Waals surface area contributed by atoms with Crippen molar-refractivity contribution in [3.05, 3.63) is 24.3 Å². The summed E-state index contributed by atoms with van der Waals surface area (Å²) in [5.74, 6) is -1.88. The van der Waals surface area contributed by atoms with Gasteiger partial charge in [0, 0.05) is 11.9 Å². The lowest BCUT2D eigenvalue weighted by atomic mass is 10.2. The molecule has 1 heterocycles. The van der Waals surface area contributed by atoms with Crippen LogP contribution in [0.3, 0.4) is 0 Å². The molecule has 8 nitrogen and oxygen atoms in total. The Kier molecular flexibility index (Phi) is 6.19. The van der Waals surface area contributed by atoms with Crippen molar-refractivity contribution in [1.82, 2.24) is 10.6 Å². The molecule has 0 aromatic heterocycles. The van der Waals surface area contributed by atoms with Gasteiger partial charge in [0.1, 0.15) is 0 Å². The summed E-state index contributed by atoms with van der Waals surface area (Å²) in [7, 11) is 1.44. The third kappa shape index (κ3) is 4.98. The van der Waals surface area contributed by atoms with Crippen molar-refractivity contribution in [3.63, 3.8) is 0 Å². The molecule has 0 unspecified atom stereocenters. The molecule has 128 valence electrons. The molecule has 3 N–H and O–H groups in total. The van der Waals surface area contributed by atoms with Gasteiger partial charge in [0.05, 0.1) is 23.9 Å². The van der Waals surface area contributed by atoms with Crippen LogP contribution in [0.2, 0.25) is 0 Å². The Morgan fingerprint density at radius 3 is 2.75 bits per heavy atom. The third-order valence-corrected chi connectivity index (χ3v) is 4.42. The molecule has 0 radical (unpaired) electrons. The van der Waals surface area contributed by atoms with Gasteiger partial charge in [0.25, 0.3) is 5.91 Å². The Hall–Kier alpha value is -2.55. The van der Waals surface area contributed by atoms with Gasteiger partial charge in [-0.3, -0.25) is 19.2 Å². The summed E-state index contributed by atoms with van der Waals surface area (Å²) < 4.78 is 4.83. The first-order chi connectivity index (χ1) is 11.5. The first-order valence-corrected chi connectivity index (χ1v) is 8.07. The molecule has 0 spiro atoms. The van der Waals surface area contributed by atoms with Crippen LogP contribution in [0.5, 0.6) is 0 Å². The average Bonchev–Trinajstić information content (AvgIpc) is 2.58. The zero-order chi connectivity index (χ0) is 17.5. The van der Waals surface area contributed by atoms with Gasteiger partial charge < -0.3 is 20.7 Å². The Morgan fingerprint density at radius 1 is 1.25 bits per heavy atom. The van der Waals surface area contributed by atoms with Crippen LogP contribution in [0.1, 0.15) is 6.42 Å². The van der Waals surface area contributed by atoms with Crippen molar-refractivity contribution in [3.8, 4) is 0 Å². The zero-order valence-corrected chi connectivity index (χ0v) is 13.8. The van der Waals surface area contributed by atoms with E-state index in [-0.39, 0.29) is 24.8 Å². The highest BCUT2D eigenvalue weighted by atomic mass is 32.2. The summed E-state index contributed by atoms with van der Waals surface area (Å²) in [6.07, 6.45) is -0.145. The molecule has 1 aliphatic rings. The third-order valence-electron chi connectivity index (χ3n) is 3.15. The molecule has 0 saturated heterocycles. The fourth-order valence-corrected chi connectivity index (χ4v) is 3.00. The number of carbonyl (C=O) groups excluding carboxylic acids is 4. The van der Waals surface area contributed by atoms with Gasteiger partial charge in [-0.1, -0.05) is 12.1 Å². The van der Waals surface area contributed by atoms with Crippen LogP contribution in [0, 0.1) is 0 Å². The normalized spacial score (nSPS) is 15.7. The van der Waals surface area contributed by atoms with Crippen molar-refractivity contribution >= 4 is 41.1 Å². The number of thioether (sulfide) groups is 1. The highest BCUT2D eigenvalue weighted by Gasteiger charge is 2.29. The Labute approximate surface area is 142 Å². The smallest absolute Gasteiger partial charge is 0.307 e. The quantitative estimate of drug-likeness (QED) is 0.617. The molecule has 1 aromatic rings. The molecule has 3 amide bonds. The summed E-state index contributed by atoms with van der Waals surface area (Å²) >= 11 is 1.28. The van der Waals surface area contributed by atoms with Crippen molar-refractivity contribution in [1.29, 1.82) is 0 Å². The van der Waals surface area contributed by atoms with E-state index in [4.69, 9.17) is 4.74 Å². The number of hydrogen-bond donors (Lipinski definition) is 3. The standard InChI is InChI=1S/C15H17N3O5S/c1-16-12(19)7-17-13(20)8-23-14(21)6-11-15(22)18-9-4-2-3-5-10(9)24-11/h2-5,11H,6-8H2,1H3,(H,16,19)(H,17,20)(H,18,22)/t11-/m0/s1. The topological polar surface area (TPSA) is 114 Å². The number of benzene rings is 1. The van der Waals surface area contributed by atoms with Crippen LogP contribution in [0.25, 0.3) is 0 Å². The molecular weight excluding hydrogens is 334 g/mol. The summed E-state index contributed by atoms with van der Waals surface area (Å²) in [6.45, 7) is -0.685. The molecular formula is C15H17N3O5S. The largest absolute Gasteiger partial charge is 0.456 e. The lowest BCUT2D eigenvalue weighted by Gasteiger charge is -2.23. The first kappa shape index (κ1) is 17.8. The lowest BCUT2D eigenvalue weighted by Crippen LogP contribution is -2.37. The predicted molar refractivity (Wildman–Crippen MR) is 87.4 cm³/mol. The SMILES string of the molecule is CNC(=O)CNC(=O)COC(=O)C[C@@H]1Sc2ccccc2NC1=O. The molecule has 2 rings (SSSR count). The molecule has 24 heavy (non-hydrogen) atoms. The maximum absolute atomic E-state index is 12.0. The zero-order valence-electron chi connectivity index (χ0n) is 13.0. The van der Waals surface area contributed by atoms with Gasteiger partial charge in [-0.15, -0.1) is 11.8 Å². The van der Waals surface area contributed by atoms with Crippen LogP contribution in [0.15, 0.2) is 29.2 Å². The monoisotopic (exact) mass is 351 g/mol. The minimum Gasteiger partial charge on any atom is -0.456 e. The van der Waals surface area contributed by atoms with E-state index in [0.717, 1.165) is 4.90 Å². The number of rotatable bonds is 6. The number of esters is 1. The number of fused-ring (bicyclic) bond motifs is 1. The number of anilines is 1. The Balaban J connectivity index is 1.77. The van der Waals surface area contributed by atoms with E-state index in [9.17, 15) is 19.2 Å². The fourth-order valence-electron chi connectivity index (χ4n) is 1.90. The van der Waals surface area contributed by atoms with Crippen molar-refractivity contribution in [2.45, 2.75) is 16.6 Å². The van der Waals surface area contributed by atoms with Gasteiger partial charge in [0.15, 0.2) is 6.61 Å². The number of para-hydroxylation sites is 1. The Morgan fingerprint density at radius 2 is 2.00 bits per heavy atom. The first-order valence-electron chi connectivity index (χ1n) is 7.19. The highest BCUT2D eigenvalue weighted by Crippen LogP contribution is 2.36. The highest BCUT2D eigenvalue weighted by molar-refractivity contribution is 8.01. The predicted octanol–water partition coefficient (Wildman–Crippen LogP) is -0.105. The number of ether oxygens (including phenoxy) is 1. The maximum atomic E-state index is 12.0. The van der Waals surface area contributed by atoms with Gasteiger partial charge in [-0.05, 0) is 12.1 Å². The van der Waals surface area contributed by atoms with E-state index in [2.05, 4.69) is 16.0 Å². The van der Waals surface area contributed by atoms with E-state index in [0.29, 0.717) is 5.69 Å². The summed E-state index contributed by atoms with van der Waals surface area (Å²) in [4.78, 5) is 47.1. The van der Waals surface area contributed by atoms with Crippen LogP contribution in [0.4, 0.5) is 5.69 Å². The average molecular weight is 351 g/mol. The number of likely N-dealkylation sites (N-methyl/N-ethyl adjacent to an activating group) is 1. The molecule has 1 atom stereocenters. The van der Waals surface area contributed by atoms with Crippen LogP contribution in [-0.4, -0.2) is 49.1 Å². The van der Waals surface area contributed by atoms with E-state index < -0.39 is 23.7 Å². The van der Waals surface area contributed by atoms with Gasteiger partial charge >= 0.3 is 5.97 Å². The minimum atomic E-state index is -0.655. The number of amides is 3. The summed E-state index contributed by atoms with van der Waals surface area (Å²) in [5, 5.41) is 6.76. The van der Waals surface area contributed by atoms with Crippen LogP contribution < -0.4 is 16.0 Å². The van der Waals surface area contributed by atoms with Crippen LogP contribution >= 0.6 is 11.8 Å². The fraction of sp³-hybridized carbons (Fsp3) is 0.333. The van der Waals surface area contributed by atoms with E-state index in [1.54, 1.807) is 6.07 Å². The minimum absolute atomic E-state index is 0.145.